The number of rotatable bonds is 11. The standard InChI is InChI=1S/C19H40N4O2.HI/c1-5-8-9-17(6-2)14-21-18(20-7-3)22-15-19(4,24)16-23-10-12-25-13-11-23;/h17,24H,5-16H2,1-4H3,(H2,20,21,22);1H. The van der Waals surface area contributed by atoms with Crippen molar-refractivity contribution in [3.05, 3.63) is 0 Å². The lowest BCUT2D eigenvalue weighted by atomic mass is 9.99. The van der Waals surface area contributed by atoms with Gasteiger partial charge in [-0.1, -0.05) is 33.1 Å². The molecule has 0 radical (unpaired) electrons. The zero-order valence-electron chi connectivity index (χ0n) is 17.2. The number of unbranched alkanes of at least 4 members (excludes halogenated alkanes) is 1. The first-order chi connectivity index (χ1) is 12.0. The van der Waals surface area contributed by atoms with Gasteiger partial charge < -0.3 is 20.5 Å². The molecule has 0 spiro atoms. The molecule has 1 saturated heterocycles. The van der Waals surface area contributed by atoms with E-state index in [-0.39, 0.29) is 24.0 Å². The summed E-state index contributed by atoms with van der Waals surface area (Å²) in [7, 11) is 0. The average Bonchev–Trinajstić information content (AvgIpc) is 2.60. The minimum absolute atomic E-state index is 0. The molecule has 0 bridgehead atoms. The number of hydrogen-bond acceptors (Lipinski definition) is 4. The van der Waals surface area contributed by atoms with E-state index in [9.17, 15) is 5.11 Å². The molecule has 1 rings (SSSR count). The first kappa shape index (κ1) is 25.9. The lowest BCUT2D eigenvalue weighted by Gasteiger charge is -2.33. The van der Waals surface area contributed by atoms with E-state index in [0.29, 0.717) is 19.0 Å². The second-order valence-corrected chi connectivity index (χ2v) is 7.38. The molecule has 0 amide bonds. The maximum atomic E-state index is 10.7. The van der Waals surface area contributed by atoms with Crippen molar-refractivity contribution in [1.29, 1.82) is 0 Å². The summed E-state index contributed by atoms with van der Waals surface area (Å²) in [6.07, 6.45) is 4.96. The van der Waals surface area contributed by atoms with Crippen LogP contribution >= 0.6 is 24.0 Å². The van der Waals surface area contributed by atoms with Crippen LogP contribution in [0.4, 0.5) is 0 Å². The number of β-amino-alcohol motifs (C(OH)–C–C–N with tert-alkyl or cyclic N) is 1. The SMILES string of the molecule is CCCCC(CC)CNC(=NCC(C)(O)CN1CCOCC1)NCC.I. The van der Waals surface area contributed by atoms with Crippen LogP contribution in [0.15, 0.2) is 4.99 Å². The van der Waals surface area contributed by atoms with Gasteiger partial charge in [0, 0.05) is 32.7 Å². The van der Waals surface area contributed by atoms with Crippen LogP contribution in [0.5, 0.6) is 0 Å². The lowest BCUT2D eigenvalue weighted by molar-refractivity contribution is -0.0180. The Labute approximate surface area is 177 Å². The fraction of sp³-hybridized carbons (Fsp3) is 0.947. The molecule has 1 fully saturated rings. The Morgan fingerprint density at radius 3 is 2.50 bits per heavy atom. The number of aliphatic imine (C=N–C) groups is 1. The molecule has 1 heterocycles. The summed E-state index contributed by atoms with van der Waals surface area (Å²) in [6, 6.07) is 0. The minimum atomic E-state index is -0.827. The predicted molar refractivity (Wildman–Crippen MR) is 121 cm³/mol. The monoisotopic (exact) mass is 484 g/mol. The Bertz CT molecular complexity index is 375. The number of ether oxygens (including phenoxy) is 1. The summed E-state index contributed by atoms with van der Waals surface area (Å²) >= 11 is 0. The molecule has 3 N–H and O–H groups in total. The molecular formula is C19H41IN4O2. The second kappa shape index (κ2) is 14.9. The van der Waals surface area contributed by atoms with Gasteiger partial charge in [-0.25, -0.2) is 0 Å². The summed E-state index contributed by atoms with van der Waals surface area (Å²) in [6.45, 7) is 14.5. The summed E-state index contributed by atoms with van der Waals surface area (Å²) in [5, 5.41) is 17.4. The van der Waals surface area contributed by atoms with Crippen molar-refractivity contribution >= 4 is 29.9 Å². The fourth-order valence-electron chi connectivity index (χ4n) is 3.07. The number of nitrogens with one attached hydrogen (secondary N) is 2. The fourth-order valence-corrected chi connectivity index (χ4v) is 3.07. The lowest BCUT2D eigenvalue weighted by Crippen LogP contribution is -2.48. The summed E-state index contributed by atoms with van der Waals surface area (Å²) in [5.41, 5.74) is -0.827. The minimum Gasteiger partial charge on any atom is -0.387 e. The van der Waals surface area contributed by atoms with Gasteiger partial charge in [0.15, 0.2) is 5.96 Å². The molecule has 1 aliphatic heterocycles. The van der Waals surface area contributed by atoms with Crippen LogP contribution in [0.3, 0.4) is 0 Å². The van der Waals surface area contributed by atoms with Gasteiger partial charge in [0.05, 0.1) is 25.4 Å². The number of guanidine groups is 1. The van der Waals surface area contributed by atoms with E-state index in [1.807, 2.05) is 6.92 Å². The van der Waals surface area contributed by atoms with Crippen molar-refractivity contribution in [3.63, 3.8) is 0 Å². The molecular weight excluding hydrogens is 443 g/mol. The van der Waals surface area contributed by atoms with Gasteiger partial charge in [0.25, 0.3) is 0 Å². The summed E-state index contributed by atoms with van der Waals surface area (Å²) in [4.78, 5) is 6.87. The van der Waals surface area contributed by atoms with Crippen molar-refractivity contribution in [2.45, 2.75) is 59.0 Å². The van der Waals surface area contributed by atoms with E-state index in [0.717, 1.165) is 45.4 Å². The Hall–Kier alpha value is -0.120. The van der Waals surface area contributed by atoms with Crippen molar-refractivity contribution in [2.24, 2.45) is 10.9 Å². The van der Waals surface area contributed by atoms with Gasteiger partial charge in [-0.05, 0) is 26.2 Å². The zero-order chi connectivity index (χ0) is 18.5. The van der Waals surface area contributed by atoms with E-state index in [1.165, 1.54) is 25.7 Å². The Balaban J connectivity index is 0.00000625. The number of morpholine rings is 1. The van der Waals surface area contributed by atoms with Gasteiger partial charge in [-0.2, -0.15) is 0 Å². The van der Waals surface area contributed by atoms with E-state index in [1.54, 1.807) is 0 Å². The number of nitrogens with zero attached hydrogens (tertiary/aromatic N) is 2. The molecule has 0 aromatic heterocycles. The smallest absolute Gasteiger partial charge is 0.191 e. The van der Waals surface area contributed by atoms with Crippen LogP contribution in [0.1, 0.15) is 53.4 Å². The first-order valence-corrected chi connectivity index (χ1v) is 10.0. The van der Waals surface area contributed by atoms with Crippen molar-refractivity contribution < 1.29 is 9.84 Å². The highest BCUT2D eigenvalue weighted by Crippen LogP contribution is 2.12. The molecule has 2 unspecified atom stereocenters. The molecule has 7 heteroatoms. The molecule has 0 aliphatic carbocycles. The molecule has 0 aromatic carbocycles. The summed E-state index contributed by atoms with van der Waals surface area (Å²) in [5.74, 6) is 1.48. The van der Waals surface area contributed by atoms with Gasteiger partial charge in [-0.3, -0.25) is 9.89 Å². The maximum Gasteiger partial charge on any atom is 0.191 e. The largest absolute Gasteiger partial charge is 0.387 e. The highest BCUT2D eigenvalue weighted by atomic mass is 127. The maximum absolute atomic E-state index is 10.7. The van der Waals surface area contributed by atoms with Crippen LogP contribution in [0, 0.1) is 5.92 Å². The Kier molecular flexibility index (Phi) is 14.8. The number of halogens is 1. The zero-order valence-corrected chi connectivity index (χ0v) is 19.6. The molecule has 6 nitrogen and oxygen atoms in total. The van der Waals surface area contributed by atoms with E-state index in [4.69, 9.17) is 4.74 Å². The molecule has 2 atom stereocenters. The first-order valence-electron chi connectivity index (χ1n) is 10.0. The van der Waals surface area contributed by atoms with Crippen LogP contribution in [0.25, 0.3) is 0 Å². The van der Waals surface area contributed by atoms with E-state index in [2.05, 4.69) is 41.3 Å². The van der Waals surface area contributed by atoms with Crippen LogP contribution in [-0.4, -0.2) is 74.0 Å². The molecule has 0 saturated carbocycles. The van der Waals surface area contributed by atoms with E-state index >= 15 is 0 Å². The van der Waals surface area contributed by atoms with Crippen LogP contribution in [-0.2, 0) is 4.74 Å². The van der Waals surface area contributed by atoms with Gasteiger partial charge in [0.2, 0.25) is 0 Å². The van der Waals surface area contributed by atoms with Gasteiger partial charge >= 0.3 is 0 Å². The Morgan fingerprint density at radius 1 is 1.23 bits per heavy atom. The molecule has 0 aromatic rings. The third-order valence-electron chi connectivity index (χ3n) is 4.69. The quantitative estimate of drug-likeness (QED) is 0.239. The third kappa shape index (κ3) is 11.6. The molecule has 156 valence electrons. The van der Waals surface area contributed by atoms with Crippen molar-refractivity contribution in [1.82, 2.24) is 15.5 Å². The van der Waals surface area contributed by atoms with Gasteiger partial charge in [-0.15, -0.1) is 24.0 Å². The van der Waals surface area contributed by atoms with Gasteiger partial charge in [0.1, 0.15) is 0 Å². The summed E-state index contributed by atoms with van der Waals surface area (Å²) < 4.78 is 5.37. The van der Waals surface area contributed by atoms with Crippen molar-refractivity contribution in [2.75, 3.05) is 52.5 Å². The highest BCUT2D eigenvalue weighted by Gasteiger charge is 2.25. The Morgan fingerprint density at radius 2 is 1.92 bits per heavy atom. The average molecular weight is 484 g/mol. The number of hydrogen-bond donors (Lipinski definition) is 3. The van der Waals surface area contributed by atoms with Crippen molar-refractivity contribution in [3.8, 4) is 0 Å². The molecule has 26 heavy (non-hydrogen) atoms. The topological polar surface area (TPSA) is 69.1 Å². The third-order valence-corrected chi connectivity index (χ3v) is 4.69. The number of aliphatic hydroxyl groups is 1. The normalized spacial score (nSPS) is 19.3. The molecule has 1 aliphatic rings. The second-order valence-electron chi connectivity index (χ2n) is 7.38. The van der Waals surface area contributed by atoms with E-state index < -0.39 is 5.60 Å². The predicted octanol–water partition coefficient (Wildman–Crippen LogP) is 2.46. The van der Waals surface area contributed by atoms with Crippen LogP contribution < -0.4 is 10.6 Å². The highest BCUT2D eigenvalue weighted by molar-refractivity contribution is 14.0. The van der Waals surface area contributed by atoms with Crippen LogP contribution in [0.2, 0.25) is 0 Å².